The lowest BCUT2D eigenvalue weighted by molar-refractivity contribution is 0.493. The fourth-order valence-electron chi connectivity index (χ4n) is 2.16. The third-order valence-electron chi connectivity index (χ3n) is 3.40. The average Bonchev–Trinajstić information content (AvgIpc) is 2.85. The molecule has 0 bridgehead atoms. The Morgan fingerprint density at radius 3 is 2.37 bits per heavy atom. The van der Waals surface area contributed by atoms with Crippen molar-refractivity contribution >= 4 is 11.3 Å². The van der Waals surface area contributed by atoms with Crippen molar-refractivity contribution in [3.8, 4) is 0 Å². The Bertz CT molecular complexity index is 516. The molecule has 0 aliphatic heterocycles. The van der Waals surface area contributed by atoms with Crippen molar-refractivity contribution in [2.45, 2.75) is 46.2 Å². The first-order chi connectivity index (χ1) is 9.10. The van der Waals surface area contributed by atoms with Crippen LogP contribution in [0.25, 0.3) is 0 Å². The molecule has 0 fully saturated rings. The summed E-state index contributed by atoms with van der Waals surface area (Å²) < 4.78 is 0. The molecule has 2 aromatic rings. The summed E-state index contributed by atoms with van der Waals surface area (Å²) in [7, 11) is 0. The molecule has 1 aromatic heterocycles. The number of hydrogen-bond acceptors (Lipinski definition) is 3. The zero-order valence-electron chi connectivity index (χ0n) is 12.1. The van der Waals surface area contributed by atoms with Gasteiger partial charge < -0.3 is 5.32 Å². The van der Waals surface area contributed by atoms with Crippen LogP contribution in [0.5, 0.6) is 0 Å². The summed E-state index contributed by atoms with van der Waals surface area (Å²) in [5, 5.41) is 4.77. The van der Waals surface area contributed by atoms with E-state index in [1.807, 2.05) is 6.20 Å². The standard InChI is InChI=1S/C16H22N2S/c1-5-14-6-8-15(9-7-14)12(3)18-13(4)16-17-10-11(2)19-16/h6-10,12-13,18H,5H2,1-4H3. The van der Waals surface area contributed by atoms with Gasteiger partial charge in [0.05, 0.1) is 6.04 Å². The molecule has 0 saturated heterocycles. The van der Waals surface area contributed by atoms with E-state index in [2.05, 4.69) is 62.3 Å². The van der Waals surface area contributed by atoms with Crippen LogP contribution >= 0.6 is 11.3 Å². The zero-order valence-corrected chi connectivity index (χ0v) is 12.9. The minimum atomic E-state index is 0.291. The SMILES string of the molecule is CCc1ccc(C(C)NC(C)c2ncc(C)s2)cc1. The Balaban J connectivity index is 2.01. The van der Waals surface area contributed by atoms with Gasteiger partial charge in [0.1, 0.15) is 5.01 Å². The van der Waals surface area contributed by atoms with Crippen molar-refractivity contribution in [3.05, 3.63) is 51.5 Å². The van der Waals surface area contributed by atoms with Gasteiger partial charge in [0, 0.05) is 17.1 Å². The molecule has 0 aliphatic carbocycles. The number of nitrogens with zero attached hydrogens (tertiary/aromatic N) is 1. The molecule has 102 valence electrons. The number of rotatable bonds is 5. The predicted octanol–water partition coefficient (Wildman–Crippen LogP) is 4.43. The van der Waals surface area contributed by atoms with Gasteiger partial charge in [-0.05, 0) is 38.3 Å². The van der Waals surface area contributed by atoms with Gasteiger partial charge in [-0.1, -0.05) is 31.2 Å². The van der Waals surface area contributed by atoms with Crippen LogP contribution in [0.3, 0.4) is 0 Å². The molecule has 0 saturated carbocycles. The zero-order chi connectivity index (χ0) is 13.8. The van der Waals surface area contributed by atoms with Crippen molar-refractivity contribution < 1.29 is 0 Å². The smallest absolute Gasteiger partial charge is 0.109 e. The van der Waals surface area contributed by atoms with Crippen molar-refractivity contribution in [1.82, 2.24) is 10.3 Å². The van der Waals surface area contributed by atoms with Gasteiger partial charge in [0.2, 0.25) is 0 Å². The van der Waals surface area contributed by atoms with Gasteiger partial charge in [-0.25, -0.2) is 4.98 Å². The van der Waals surface area contributed by atoms with Crippen LogP contribution in [0.1, 0.15) is 53.9 Å². The van der Waals surface area contributed by atoms with E-state index in [1.165, 1.54) is 16.0 Å². The predicted molar refractivity (Wildman–Crippen MR) is 82.6 cm³/mol. The van der Waals surface area contributed by atoms with Crippen molar-refractivity contribution in [3.63, 3.8) is 0 Å². The van der Waals surface area contributed by atoms with E-state index in [0.717, 1.165) is 11.4 Å². The maximum atomic E-state index is 4.45. The lowest BCUT2D eigenvalue weighted by Gasteiger charge is -2.19. The summed E-state index contributed by atoms with van der Waals surface area (Å²) in [6.45, 7) is 8.66. The van der Waals surface area contributed by atoms with E-state index in [-0.39, 0.29) is 0 Å². The molecule has 0 spiro atoms. The average molecular weight is 274 g/mol. The van der Waals surface area contributed by atoms with E-state index >= 15 is 0 Å². The number of benzene rings is 1. The second-order valence-electron chi connectivity index (χ2n) is 5.01. The molecule has 3 heteroatoms. The molecule has 0 radical (unpaired) electrons. The van der Waals surface area contributed by atoms with Crippen molar-refractivity contribution in [1.29, 1.82) is 0 Å². The van der Waals surface area contributed by atoms with Gasteiger partial charge in [-0.15, -0.1) is 11.3 Å². The van der Waals surface area contributed by atoms with Crippen LogP contribution in [0, 0.1) is 6.92 Å². The molecule has 1 aromatic carbocycles. The van der Waals surface area contributed by atoms with Gasteiger partial charge in [-0.2, -0.15) is 0 Å². The van der Waals surface area contributed by atoms with Crippen LogP contribution in [-0.2, 0) is 6.42 Å². The molecule has 1 N–H and O–H groups in total. The Hall–Kier alpha value is -1.19. The highest BCUT2D eigenvalue weighted by molar-refractivity contribution is 7.11. The largest absolute Gasteiger partial charge is 0.302 e. The second-order valence-corrected chi connectivity index (χ2v) is 6.28. The normalized spacial score (nSPS) is 14.3. The van der Waals surface area contributed by atoms with E-state index in [0.29, 0.717) is 12.1 Å². The molecule has 2 atom stereocenters. The third-order valence-corrected chi connectivity index (χ3v) is 4.49. The second kappa shape index (κ2) is 6.31. The van der Waals surface area contributed by atoms with Crippen LogP contribution in [-0.4, -0.2) is 4.98 Å². The maximum absolute atomic E-state index is 4.45. The Morgan fingerprint density at radius 2 is 1.84 bits per heavy atom. The molecule has 1 heterocycles. The fourth-order valence-corrected chi connectivity index (χ4v) is 2.94. The van der Waals surface area contributed by atoms with Gasteiger partial charge in [0.25, 0.3) is 0 Å². The van der Waals surface area contributed by atoms with E-state index in [4.69, 9.17) is 0 Å². The van der Waals surface area contributed by atoms with Crippen LogP contribution in [0.2, 0.25) is 0 Å². The first kappa shape index (κ1) is 14.2. The Kier molecular flexibility index (Phi) is 4.72. The van der Waals surface area contributed by atoms with Crippen LogP contribution in [0.15, 0.2) is 30.5 Å². The summed E-state index contributed by atoms with van der Waals surface area (Å²) in [5.41, 5.74) is 2.72. The van der Waals surface area contributed by atoms with E-state index in [1.54, 1.807) is 11.3 Å². The summed E-state index contributed by atoms with van der Waals surface area (Å²) >= 11 is 1.77. The minimum Gasteiger partial charge on any atom is -0.302 e. The lowest BCUT2D eigenvalue weighted by Crippen LogP contribution is -2.22. The molecule has 19 heavy (non-hydrogen) atoms. The van der Waals surface area contributed by atoms with Gasteiger partial charge >= 0.3 is 0 Å². The Labute approximate surface area is 119 Å². The first-order valence-electron chi connectivity index (χ1n) is 6.87. The fraction of sp³-hybridized carbons (Fsp3) is 0.438. The lowest BCUT2D eigenvalue weighted by atomic mass is 10.0. The molecule has 0 aliphatic rings. The van der Waals surface area contributed by atoms with Gasteiger partial charge in [0.15, 0.2) is 0 Å². The number of aryl methyl sites for hydroxylation is 2. The third kappa shape index (κ3) is 3.64. The first-order valence-corrected chi connectivity index (χ1v) is 7.69. The Morgan fingerprint density at radius 1 is 1.16 bits per heavy atom. The molecule has 2 unspecified atom stereocenters. The highest BCUT2D eigenvalue weighted by Gasteiger charge is 2.13. The monoisotopic (exact) mass is 274 g/mol. The number of hydrogen-bond donors (Lipinski definition) is 1. The molecule has 0 amide bonds. The van der Waals surface area contributed by atoms with Crippen LogP contribution in [0.4, 0.5) is 0 Å². The van der Waals surface area contributed by atoms with E-state index < -0.39 is 0 Å². The molecular weight excluding hydrogens is 252 g/mol. The summed E-state index contributed by atoms with van der Waals surface area (Å²) in [6, 6.07) is 9.49. The van der Waals surface area contributed by atoms with Crippen LogP contribution < -0.4 is 5.32 Å². The quantitative estimate of drug-likeness (QED) is 0.872. The number of nitrogens with one attached hydrogen (secondary N) is 1. The highest BCUT2D eigenvalue weighted by Crippen LogP contribution is 2.23. The maximum Gasteiger partial charge on any atom is 0.109 e. The highest BCUT2D eigenvalue weighted by atomic mass is 32.1. The minimum absolute atomic E-state index is 0.291. The van der Waals surface area contributed by atoms with Gasteiger partial charge in [-0.3, -0.25) is 0 Å². The van der Waals surface area contributed by atoms with Crippen molar-refractivity contribution in [2.24, 2.45) is 0 Å². The number of thiazole rings is 1. The topological polar surface area (TPSA) is 24.9 Å². The summed E-state index contributed by atoms with van der Waals surface area (Å²) in [4.78, 5) is 5.71. The summed E-state index contributed by atoms with van der Waals surface area (Å²) in [5.74, 6) is 0. The summed E-state index contributed by atoms with van der Waals surface area (Å²) in [6.07, 6.45) is 3.04. The van der Waals surface area contributed by atoms with E-state index in [9.17, 15) is 0 Å². The van der Waals surface area contributed by atoms with Crippen molar-refractivity contribution in [2.75, 3.05) is 0 Å². The number of aromatic nitrogens is 1. The molecular formula is C16H22N2S. The molecule has 2 rings (SSSR count). The molecule has 2 nitrogen and oxygen atoms in total.